The summed E-state index contributed by atoms with van der Waals surface area (Å²) < 4.78 is 33.2. The van der Waals surface area contributed by atoms with Gasteiger partial charge in [0.2, 0.25) is 12.2 Å². The van der Waals surface area contributed by atoms with Crippen molar-refractivity contribution in [1.29, 1.82) is 0 Å². The normalized spacial score (nSPS) is 22.3. The van der Waals surface area contributed by atoms with Crippen molar-refractivity contribution >= 4 is 11.9 Å². The molecule has 4 rings (SSSR count). The first kappa shape index (κ1) is 30.3. The van der Waals surface area contributed by atoms with Crippen LogP contribution in [-0.2, 0) is 20.7 Å². The Hall–Kier alpha value is -3.71. The van der Waals surface area contributed by atoms with Gasteiger partial charge in [0.15, 0.2) is 6.10 Å². The number of benzene rings is 3. The highest BCUT2D eigenvalue weighted by atomic mass is 19.1. The number of carbonyl (C=O) groups excluding carboxylic acids is 2. The van der Waals surface area contributed by atoms with Crippen molar-refractivity contribution < 1.29 is 28.2 Å². The SMILES string of the molecule is CC(=O)NCCc1ccc(OC2O[C@H](CC(C)C)[C@H](C)[C@@H](C)[C@H]2OC(=O)c2ccccc2)cc1-c1cccc(F)c1. The summed E-state index contributed by atoms with van der Waals surface area (Å²) in [7, 11) is 0. The first-order valence-electron chi connectivity index (χ1n) is 14.3. The van der Waals surface area contributed by atoms with Crippen LogP contribution >= 0.6 is 0 Å². The second-order valence-electron chi connectivity index (χ2n) is 11.3. The molecule has 1 aliphatic rings. The highest BCUT2D eigenvalue weighted by Crippen LogP contribution is 2.38. The second kappa shape index (κ2) is 13.8. The van der Waals surface area contributed by atoms with E-state index in [0.717, 1.165) is 17.5 Å². The Morgan fingerprint density at radius 1 is 0.976 bits per heavy atom. The minimum Gasteiger partial charge on any atom is -0.461 e. The maximum absolute atomic E-state index is 14.2. The van der Waals surface area contributed by atoms with Crippen molar-refractivity contribution in [2.45, 2.75) is 66.0 Å². The van der Waals surface area contributed by atoms with Crippen molar-refractivity contribution in [2.24, 2.45) is 17.8 Å². The molecule has 1 fully saturated rings. The summed E-state index contributed by atoms with van der Waals surface area (Å²) >= 11 is 0. The van der Waals surface area contributed by atoms with E-state index < -0.39 is 18.4 Å². The molecule has 1 unspecified atom stereocenters. The third-order valence-electron chi connectivity index (χ3n) is 7.70. The van der Waals surface area contributed by atoms with Gasteiger partial charge < -0.3 is 19.5 Å². The van der Waals surface area contributed by atoms with Crippen LogP contribution in [0.5, 0.6) is 5.75 Å². The molecular weight excluding hydrogens is 521 g/mol. The third kappa shape index (κ3) is 7.94. The van der Waals surface area contributed by atoms with Crippen molar-refractivity contribution in [1.82, 2.24) is 5.32 Å². The van der Waals surface area contributed by atoms with Crippen LogP contribution in [0.3, 0.4) is 0 Å². The third-order valence-corrected chi connectivity index (χ3v) is 7.70. The number of hydrogen-bond acceptors (Lipinski definition) is 5. The lowest BCUT2D eigenvalue weighted by Crippen LogP contribution is -2.53. The molecule has 0 radical (unpaired) electrons. The van der Waals surface area contributed by atoms with Gasteiger partial charge in [0, 0.05) is 19.4 Å². The van der Waals surface area contributed by atoms with Gasteiger partial charge in [-0.1, -0.05) is 64.1 Å². The molecule has 6 nitrogen and oxygen atoms in total. The number of carbonyl (C=O) groups is 2. The highest BCUT2D eigenvalue weighted by molar-refractivity contribution is 5.89. The first-order chi connectivity index (χ1) is 19.6. The van der Waals surface area contributed by atoms with Crippen LogP contribution in [0.2, 0.25) is 0 Å². The Morgan fingerprint density at radius 3 is 2.41 bits per heavy atom. The summed E-state index contributed by atoms with van der Waals surface area (Å²) in [6, 6.07) is 20.9. The van der Waals surface area contributed by atoms with E-state index in [4.69, 9.17) is 14.2 Å². The summed E-state index contributed by atoms with van der Waals surface area (Å²) in [4.78, 5) is 24.5. The van der Waals surface area contributed by atoms with Gasteiger partial charge >= 0.3 is 5.97 Å². The topological polar surface area (TPSA) is 73.9 Å². The average Bonchev–Trinajstić information content (AvgIpc) is 2.94. The van der Waals surface area contributed by atoms with Gasteiger partial charge in [-0.3, -0.25) is 4.79 Å². The van der Waals surface area contributed by atoms with Crippen LogP contribution in [0, 0.1) is 23.6 Å². The fraction of sp³-hybridized carbons (Fsp3) is 0.412. The fourth-order valence-corrected chi connectivity index (χ4v) is 5.30. The molecule has 3 aromatic carbocycles. The zero-order valence-corrected chi connectivity index (χ0v) is 24.4. The lowest BCUT2D eigenvalue weighted by molar-refractivity contribution is -0.240. The number of ether oxygens (including phenoxy) is 3. The molecule has 218 valence electrons. The lowest BCUT2D eigenvalue weighted by Gasteiger charge is -2.44. The predicted molar refractivity (Wildman–Crippen MR) is 157 cm³/mol. The molecule has 0 bridgehead atoms. The van der Waals surface area contributed by atoms with E-state index in [2.05, 4.69) is 33.0 Å². The van der Waals surface area contributed by atoms with E-state index in [1.165, 1.54) is 19.1 Å². The van der Waals surface area contributed by atoms with Gasteiger partial charge in [-0.25, -0.2) is 9.18 Å². The average molecular weight is 562 g/mol. The summed E-state index contributed by atoms with van der Waals surface area (Å²) in [5.41, 5.74) is 2.89. The number of nitrogens with one attached hydrogen (secondary N) is 1. The maximum atomic E-state index is 14.2. The largest absolute Gasteiger partial charge is 0.461 e. The van der Waals surface area contributed by atoms with E-state index >= 15 is 0 Å². The predicted octanol–water partition coefficient (Wildman–Crippen LogP) is 6.82. The van der Waals surface area contributed by atoms with Crippen molar-refractivity contribution in [3.05, 3.63) is 89.7 Å². The molecule has 3 aromatic rings. The van der Waals surface area contributed by atoms with Crippen molar-refractivity contribution in [3.8, 4) is 16.9 Å². The highest BCUT2D eigenvalue weighted by Gasteiger charge is 2.45. The Bertz CT molecular complexity index is 1330. The Balaban J connectivity index is 1.65. The number of esters is 1. The zero-order valence-electron chi connectivity index (χ0n) is 24.4. The molecule has 1 aliphatic heterocycles. The number of halogens is 1. The molecule has 0 saturated carbocycles. The Morgan fingerprint density at radius 2 is 1.73 bits per heavy atom. The maximum Gasteiger partial charge on any atom is 0.338 e. The molecule has 0 spiro atoms. The summed E-state index contributed by atoms with van der Waals surface area (Å²) in [5, 5.41) is 2.82. The summed E-state index contributed by atoms with van der Waals surface area (Å²) in [5.74, 6) is 0.175. The van der Waals surface area contributed by atoms with Crippen LogP contribution in [-0.4, -0.2) is 36.9 Å². The van der Waals surface area contributed by atoms with E-state index in [1.54, 1.807) is 30.3 Å². The molecule has 0 aliphatic carbocycles. The van der Waals surface area contributed by atoms with Crippen LogP contribution in [0.1, 0.15) is 57.0 Å². The zero-order chi connectivity index (χ0) is 29.5. The minimum atomic E-state index is -0.830. The van der Waals surface area contributed by atoms with Gasteiger partial charge in [-0.15, -0.1) is 0 Å². The second-order valence-corrected chi connectivity index (χ2v) is 11.3. The monoisotopic (exact) mass is 561 g/mol. The molecule has 0 aromatic heterocycles. The van der Waals surface area contributed by atoms with Crippen molar-refractivity contribution in [2.75, 3.05) is 6.54 Å². The van der Waals surface area contributed by atoms with Gasteiger partial charge in [-0.05, 0) is 77.8 Å². The van der Waals surface area contributed by atoms with Crippen LogP contribution in [0.25, 0.3) is 11.1 Å². The molecule has 1 heterocycles. The standard InChI is InChI=1S/C34H40FNO5/c1-21(2)18-31-22(3)23(4)32(41-33(38)26-10-7-6-8-11-26)34(40-31)39-29-15-14-25(16-17-36-24(5)37)30(20-29)27-12-9-13-28(35)19-27/h6-15,19-23,31-32,34H,16-18H2,1-5H3,(H,36,37)/t22-,23-,31-,32-,34?/m1/s1. The summed E-state index contributed by atoms with van der Waals surface area (Å²) in [6.07, 6.45) is -0.127. The van der Waals surface area contributed by atoms with E-state index in [9.17, 15) is 14.0 Å². The molecule has 7 heteroatoms. The van der Waals surface area contributed by atoms with Crippen LogP contribution < -0.4 is 10.1 Å². The minimum absolute atomic E-state index is 0.0234. The molecular formula is C34H40FNO5. The van der Waals surface area contributed by atoms with Gasteiger partial charge in [0.25, 0.3) is 0 Å². The molecule has 41 heavy (non-hydrogen) atoms. The van der Waals surface area contributed by atoms with Crippen molar-refractivity contribution in [3.63, 3.8) is 0 Å². The molecule has 1 saturated heterocycles. The van der Waals surface area contributed by atoms with Gasteiger partial charge in [0.1, 0.15) is 11.6 Å². The quantitative estimate of drug-likeness (QED) is 0.275. The summed E-state index contributed by atoms with van der Waals surface area (Å²) in [6.45, 7) is 10.4. The molecule has 5 atom stereocenters. The smallest absolute Gasteiger partial charge is 0.338 e. The fourth-order valence-electron chi connectivity index (χ4n) is 5.30. The van der Waals surface area contributed by atoms with Gasteiger partial charge in [0.05, 0.1) is 11.7 Å². The Kier molecular flexibility index (Phi) is 10.2. The van der Waals surface area contributed by atoms with Crippen LogP contribution in [0.15, 0.2) is 72.8 Å². The van der Waals surface area contributed by atoms with Gasteiger partial charge in [-0.2, -0.15) is 0 Å². The number of hydrogen-bond donors (Lipinski definition) is 1. The number of rotatable bonds is 10. The Labute approximate surface area is 242 Å². The van der Waals surface area contributed by atoms with E-state index in [-0.39, 0.29) is 29.7 Å². The first-order valence-corrected chi connectivity index (χ1v) is 14.3. The molecule has 1 amide bonds. The lowest BCUT2D eigenvalue weighted by atomic mass is 9.80. The number of amides is 1. The van der Waals surface area contributed by atoms with E-state index in [0.29, 0.717) is 35.8 Å². The van der Waals surface area contributed by atoms with E-state index in [1.807, 2.05) is 30.3 Å². The van der Waals surface area contributed by atoms with Crippen LogP contribution in [0.4, 0.5) is 4.39 Å². The molecule has 1 N–H and O–H groups in total.